The molecule has 0 radical (unpaired) electrons. The molecule has 34 heavy (non-hydrogen) atoms. The lowest BCUT2D eigenvalue weighted by Crippen LogP contribution is -2.60. The standard InChI is InChI=1S/C32H37N2/c1-7-32(8-2)21-22-14-12-13-17-25(22)29-33(24-15-10-9-11-16-24)27-18-23-20-30(3,4)31(5,6)26(23)19-28(27)34(29)32/h9-19H,7-8,20-21H2,1-6H3/q+1. The number of hydrogen-bond acceptors (Lipinski definition) is 0. The molecule has 2 heterocycles. The Morgan fingerprint density at radius 2 is 1.47 bits per heavy atom. The molecule has 1 aliphatic heterocycles. The van der Waals surface area contributed by atoms with Gasteiger partial charge < -0.3 is 0 Å². The number of para-hydroxylation sites is 1. The smallest absolute Gasteiger partial charge is 0.217 e. The molecule has 4 aromatic rings. The first kappa shape index (κ1) is 21.6. The van der Waals surface area contributed by atoms with Crippen molar-refractivity contribution in [1.29, 1.82) is 0 Å². The van der Waals surface area contributed by atoms with E-state index in [0.29, 0.717) is 0 Å². The summed E-state index contributed by atoms with van der Waals surface area (Å²) in [7, 11) is 0. The van der Waals surface area contributed by atoms with E-state index < -0.39 is 0 Å². The van der Waals surface area contributed by atoms with Gasteiger partial charge >= 0.3 is 0 Å². The van der Waals surface area contributed by atoms with Crippen LogP contribution in [0, 0.1) is 5.41 Å². The van der Waals surface area contributed by atoms with Crippen LogP contribution in [0.1, 0.15) is 71.1 Å². The van der Waals surface area contributed by atoms with Crippen molar-refractivity contribution >= 4 is 11.0 Å². The van der Waals surface area contributed by atoms with Gasteiger partial charge in [0, 0.05) is 6.42 Å². The molecule has 0 amide bonds. The van der Waals surface area contributed by atoms with Gasteiger partial charge in [-0.1, -0.05) is 77.9 Å². The molecule has 1 aromatic heterocycles. The highest BCUT2D eigenvalue weighted by Crippen LogP contribution is 2.52. The summed E-state index contributed by atoms with van der Waals surface area (Å²) in [5.41, 5.74) is 10.3. The van der Waals surface area contributed by atoms with E-state index in [9.17, 15) is 0 Å². The van der Waals surface area contributed by atoms with Gasteiger partial charge in [-0.05, 0) is 77.1 Å². The number of imidazole rings is 1. The van der Waals surface area contributed by atoms with E-state index in [4.69, 9.17) is 0 Å². The molecule has 0 unspecified atom stereocenters. The molecule has 0 saturated heterocycles. The Hall–Kier alpha value is -2.87. The minimum Gasteiger partial charge on any atom is -0.217 e. The second kappa shape index (κ2) is 7.07. The Labute approximate surface area is 204 Å². The SMILES string of the molecule is CCC1(CC)Cc2ccccc2-c2n(-c3ccccc3)c3cc4c(cc3[n+]21)C(C)(C)C(C)(C)C4. The third kappa shape index (κ3) is 2.66. The summed E-state index contributed by atoms with van der Waals surface area (Å²) in [5.74, 6) is 1.34. The highest BCUT2D eigenvalue weighted by atomic mass is 15.2. The third-order valence-electron chi connectivity index (χ3n) is 9.69. The van der Waals surface area contributed by atoms with Crippen molar-refractivity contribution in [3.05, 3.63) is 83.4 Å². The van der Waals surface area contributed by atoms with Crippen molar-refractivity contribution in [2.45, 2.75) is 78.2 Å². The van der Waals surface area contributed by atoms with Crippen LogP contribution in [-0.2, 0) is 23.8 Å². The van der Waals surface area contributed by atoms with E-state index in [0.717, 1.165) is 25.7 Å². The van der Waals surface area contributed by atoms with Crippen molar-refractivity contribution in [2.75, 3.05) is 0 Å². The van der Waals surface area contributed by atoms with Gasteiger partial charge in [-0.25, -0.2) is 4.57 Å². The van der Waals surface area contributed by atoms with E-state index in [1.807, 2.05) is 0 Å². The summed E-state index contributed by atoms with van der Waals surface area (Å²) in [6.45, 7) is 14.5. The van der Waals surface area contributed by atoms with Crippen molar-refractivity contribution < 1.29 is 4.57 Å². The fourth-order valence-electron chi connectivity index (χ4n) is 6.80. The number of nitrogens with zero attached hydrogens (tertiary/aromatic N) is 2. The average Bonchev–Trinajstić information content (AvgIpc) is 3.26. The molecule has 1 aliphatic carbocycles. The molecule has 0 spiro atoms. The van der Waals surface area contributed by atoms with Crippen molar-refractivity contribution in [3.63, 3.8) is 0 Å². The molecule has 0 fully saturated rings. The van der Waals surface area contributed by atoms with Gasteiger partial charge in [0.2, 0.25) is 0 Å². The highest BCUT2D eigenvalue weighted by Gasteiger charge is 2.49. The second-order valence-corrected chi connectivity index (χ2v) is 11.8. The van der Waals surface area contributed by atoms with Crippen LogP contribution in [0.2, 0.25) is 0 Å². The lowest BCUT2D eigenvalue weighted by Gasteiger charge is -2.36. The number of aromatic nitrogens is 2. The zero-order chi connectivity index (χ0) is 23.9. The number of benzene rings is 3. The molecule has 0 N–H and O–H groups in total. The van der Waals surface area contributed by atoms with Gasteiger partial charge in [-0.2, -0.15) is 4.57 Å². The summed E-state index contributed by atoms with van der Waals surface area (Å²) in [6.07, 6.45) is 4.46. The average molecular weight is 450 g/mol. The molecular formula is C32H37N2+. The minimum atomic E-state index is 0.0778. The predicted molar refractivity (Wildman–Crippen MR) is 142 cm³/mol. The van der Waals surface area contributed by atoms with Crippen LogP contribution in [0.3, 0.4) is 0 Å². The Morgan fingerprint density at radius 3 is 2.18 bits per heavy atom. The number of fused-ring (bicyclic) bond motifs is 6. The lowest BCUT2D eigenvalue weighted by molar-refractivity contribution is -0.736. The monoisotopic (exact) mass is 449 g/mol. The maximum atomic E-state index is 2.74. The minimum absolute atomic E-state index is 0.0778. The van der Waals surface area contributed by atoms with E-state index in [1.165, 1.54) is 44.8 Å². The fraction of sp³-hybridized carbons (Fsp3) is 0.406. The van der Waals surface area contributed by atoms with Crippen molar-refractivity contribution in [3.8, 4) is 17.1 Å². The van der Waals surface area contributed by atoms with Crippen LogP contribution < -0.4 is 4.57 Å². The lowest BCUT2D eigenvalue weighted by atomic mass is 9.69. The predicted octanol–water partition coefficient (Wildman–Crippen LogP) is 7.52. The van der Waals surface area contributed by atoms with E-state index >= 15 is 0 Å². The largest absolute Gasteiger partial charge is 0.295 e. The van der Waals surface area contributed by atoms with Gasteiger partial charge in [0.1, 0.15) is 11.2 Å². The van der Waals surface area contributed by atoms with E-state index in [2.05, 4.69) is 117 Å². The number of rotatable bonds is 3. The van der Waals surface area contributed by atoms with Crippen molar-refractivity contribution in [2.24, 2.45) is 5.41 Å². The highest BCUT2D eigenvalue weighted by molar-refractivity contribution is 5.83. The van der Waals surface area contributed by atoms with Crippen LogP contribution in [0.5, 0.6) is 0 Å². The summed E-state index contributed by atoms with van der Waals surface area (Å²) in [5, 5.41) is 0. The first-order valence-electron chi connectivity index (χ1n) is 13.0. The Kier molecular flexibility index (Phi) is 4.50. The maximum absolute atomic E-state index is 2.74. The summed E-state index contributed by atoms with van der Waals surface area (Å²) in [4.78, 5) is 0. The van der Waals surface area contributed by atoms with Crippen LogP contribution in [0.4, 0.5) is 0 Å². The molecule has 0 saturated carbocycles. The molecule has 2 heteroatoms. The number of hydrogen-bond donors (Lipinski definition) is 0. The maximum Gasteiger partial charge on any atom is 0.295 e. The van der Waals surface area contributed by atoms with Gasteiger partial charge in [0.05, 0.1) is 5.56 Å². The van der Waals surface area contributed by atoms with Gasteiger partial charge in [-0.3, -0.25) is 0 Å². The van der Waals surface area contributed by atoms with E-state index in [1.54, 1.807) is 0 Å². The molecule has 174 valence electrons. The van der Waals surface area contributed by atoms with Crippen LogP contribution in [0.25, 0.3) is 28.1 Å². The van der Waals surface area contributed by atoms with Gasteiger partial charge in [0.25, 0.3) is 5.82 Å². The molecule has 0 atom stereocenters. The quantitative estimate of drug-likeness (QED) is 0.286. The Bertz CT molecular complexity index is 1410. The molecular weight excluding hydrogens is 412 g/mol. The Balaban J connectivity index is 1.81. The molecule has 3 aromatic carbocycles. The summed E-state index contributed by atoms with van der Waals surface area (Å²) < 4.78 is 5.28. The first-order valence-corrected chi connectivity index (χ1v) is 13.0. The van der Waals surface area contributed by atoms with Gasteiger partial charge in [0.15, 0.2) is 11.0 Å². The molecule has 2 aliphatic rings. The molecule has 2 nitrogen and oxygen atoms in total. The normalized spacial score (nSPS) is 19.0. The first-order chi connectivity index (χ1) is 16.2. The van der Waals surface area contributed by atoms with Crippen LogP contribution in [-0.4, -0.2) is 4.57 Å². The van der Waals surface area contributed by atoms with Crippen LogP contribution in [0.15, 0.2) is 66.7 Å². The van der Waals surface area contributed by atoms with E-state index in [-0.39, 0.29) is 16.4 Å². The zero-order valence-corrected chi connectivity index (χ0v) is 21.6. The summed E-state index contributed by atoms with van der Waals surface area (Å²) in [6, 6.07) is 25.1. The molecule has 6 rings (SSSR count). The van der Waals surface area contributed by atoms with Gasteiger partial charge in [-0.15, -0.1) is 0 Å². The Morgan fingerprint density at radius 1 is 0.794 bits per heavy atom. The molecule has 0 bridgehead atoms. The third-order valence-corrected chi connectivity index (χ3v) is 9.69. The fourth-order valence-corrected chi connectivity index (χ4v) is 6.80. The second-order valence-electron chi connectivity index (χ2n) is 11.8. The topological polar surface area (TPSA) is 8.81 Å². The van der Waals surface area contributed by atoms with Crippen molar-refractivity contribution in [1.82, 2.24) is 4.57 Å². The zero-order valence-electron chi connectivity index (χ0n) is 21.6. The van der Waals surface area contributed by atoms with Crippen LogP contribution >= 0.6 is 0 Å². The summed E-state index contributed by atoms with van der Waals surface area (Å²) >= 11 is 0.